The topological polar surface area (TPSA) is 15.3 Å². The van der Waals surface area contributed by atoms with Crippen LogP contribution in [0, 0.1) is 11.8 Å². The van der Waals surface area contributed by atoms with Gasteiger partial charge in [-0.3, -0.25) is 0 Å². The van der Waals surface area contributed by atoms with Crippen molar-refractivity contribution in [1.29, 1.82) is 0 Å². The van der Waals surface area contributed by atoms with Gasteiger partial charge in [-0.15, -0.1) is 0 Å². The molecule has 1 atom stereocenters. The van der Waals surface area contributed by atoms with Crippen molar-refractivity contribution in [2.24, 2.45) is 11.8 Å². The zero-order valence-corrected chi connectivity index (χ0v) is 13.0. The summed E-state index contributed by atoms with van der Waals surface area (Å²) in [5.74, 6) is 1.80. The van der Waals surface area contributed by atoms with Gasteiger partial charge in [-0.2, -0.15) is 0 Å². The second kappa shape index (κ2) is 8.92. The van der Waals surface area contributed by atoms with Crippen LogP contribution in [0.1, 0.15) is 58.8 Å². The molecule has 2 nitrogen and oxygen atoms in total. The minimum absolute atomic E-state index is 0.691. The number of rotatable bonds is 8. The Morgan fingerprint density at radius 3 is 2.33 bits per heavy atom. The third-order valence-corrected chi connectivity index (χ3v) is 4.31. The van der Waals surface area contributed by atoms with Crippen molar-refractivity contribution in [1.82, 2.24) is 10.2 Å². The fraction of sp³-hybridized carbons (Fsp3) is 1.00. The van der Waals surface area contributed by atoms with Crippen molar-refractivity contribution in [3.05, 3.63) is 0 Å². The molecular weight excluding hydrogens is 220 g/mol. The highest BCUT2D eigenvalue weighted by atomic mass is 15.1. The van der Waals surface area contributed by atoms with Crippen LogP contribution >= 0.6 is 0 Å². The van der Waals surface area contributed by atoms with Gasteiger partial charge in [0.25, 0.3) is 0 Å². The Kier molecular flexibility index (Phi) is 7.92. The van der Waals surface area contributed by atoms with Gasteiger partial charge in [0, 0.05) is 12.6 Å². The first-order valence-electron chi connectivity index (χ1n) is 7.96. The smallest absolute Gasteiger partial charge is 0.0216 e. The lowest BCUT2D eigenvalue weighted by Crippen LogP contribution is -2.39. The zero-order chi connectivity index (χ0) is 13.4. The molecule has 1 saturated carbocycles. The van der Waals surface area contributed by atoms with Crippen molar-refractivity contribution >= 4 is 0 Å². The van der Waals surface area contributed by atoms with E-state index in [0.717, 1.165) is 18.4 Å². The molecule has 0 aliphatic heterocycles. The molecule has 1 fully saturated rings. The summed E-state index contributed by atoms with van der Waals surface area (Å²) in [6, 6.07) is 0.691. The minimum atomic E-state index is 0.691. The first-order valence-corrected chi connectivity index (χ1v) is 7.96. The number of likely N-dealkylation sites (N-methyl/N-ethyl adjacent to an activating group) is 1. The highest BCUT2D eigenvalue weighted by Gasteiger charge is 2.15. The molecule has 2 heteroatoms. The Balaban J connectivity index is 2.10. The van der Waals surface area contributed by atoms with E-state index in [4.69, 9.17) is 0 Å². The summed E-state index contributed by atoms with van der Waals surface area (Å²) in [6.45, 7) is 7.00. The molecule has 0 aromatic carbocycles. The Hall–Kier alpha value is -0.0800. The standard InChI is InChI=1S/C16H34N2/c1-14(2)12-16(18(3)4)13-17-11-10-15-8-6-5-7-9-15/h14-17H,5-13H2,1-4H3. The van der Waals surface area contributed by atoms with E-state index in [9.17, 15) is 0 Å². The molecule has 0 bridgehead atoms. The van der Waals surface area contributed by atoms with Gasteiger partial charge in [-0.1, -0.05) is 46.0 Å². The summed E-state index contributed by atoms with van der Waals surface area (Å²) < 4.78 is 0. The molecule has 0 aromatic heterocycles. The van der Waals surface area contributed by atoms with E-state index >= 15 is 0 Å². The SMILES string of the molecule is CC(C)CC(CNCCC1CCCCC1)N(C)C. The number of hydrogen-bond acceptors (Lipinski definition) is 2. The second-order valence-corrected chi connectivity index (χ2v) is 6.74. The molecule has 1 rings (SSSR count). The fourth-order valence-electron chi connectivity index (χ4n) is 3.07. The van der Waals surface area contributed by atoms with Crippen LogP contribution in [0.4, 0.5) is 0 Å². The Morgan fingerprint density at radius 1 is 1.11 bits per heavy atom. The molecule has 108 valence electrons. The van der Waals surface area contributed by atoms with Gasteiger partial charge >= 0.3 is 0 Å². The summed E-state index contributed by atoms with van der Waals surface area (Å²) in [5, 5.41) is 3.68. The molecule has 0 saturated heterocycles. The largest absolute Gasteiger partial charge is 0.315 e. The first kappa shape index (κ1) is 16.0. The van der Waals surface area contributed by atoms with Gasteiger partial charge in [-0.05, 0) is 45.3 Å². The molecule has 0 radical (unpaired) electrons. The summed E-state index contributed by atoms with van der Waals surface area (Å²) in [6.07, 6.45) is 10.1. The maximum absolute atomic E-state index is 3.68. The van der Waals surface area contributed by atoms with Crippen molar-refractivity contribution < 1.29 is 0 Å². The van der Waals surface area contributed by atoms with Crippen LogP contribution < -0.4 is 5.32 Å². The maximum atomic E-state index is 3.68. The predicted octanol–water partition coefficient (Wildman–Crippen LogP) is 3.52. The molecule has 0 spiro atoms. The van der Waals surface area contributed by atoms with Gasteiger partial charge in [0.1, 0.15) is 0 Å². The molecule has 0 heterocycles. The van der Waals surface area contributed by atoms with Crippen molar-refractivity contribution in [2.75, 3.05) is 27.2 Å². The van der Waals surface area contributed by atoms with E-state index in [0.29, 0.717) is 6.04 Å². The van der Waals surface area contributed by atoms with Crippen LogP contribution in [0.5, 0.6) is 0 Å². The Bertz CT molecular complexity index is 195. The maximum Gasteiger partial charge on any atom is 0.0216 e. The molecule has 18 heavy (non-hydrogen) atoms. The summed E-state index contributed by atoms with van der Waals surface area (Å²) in [4.78, 5) is 2.37. The van der Waals surface area contributed by atoms with Crippen LogP contribution in [0.3, 0.4) is 0 Å². The molecule has 1 unspecified atom stereocenters. The van der Waals surface area contributed by atoms with Crippen LogP contribution in [-0.4, -0.2) is 38.1 Å². The Morgan fingerprint density at radius 2 is 1.78 bits per heavy atom. The van der Waals surface area contributed by atoms with Crippen molar-refractivity contribution in [3.8, 4) is 0 Å². The quantitative estimate of drug-likeness (QED) is 0.667. The summed E-state index contributed by atoms with van der Waals surface area (Å²) in [7, 11) is 4.41. The number of nitrogens with zero attached hydrogens (tertiary/aromatic N) is 1. The summed E-state index contributed by atoms with van der Waals surface area (Å²) >= 11 is 0. The van der Waals surface area contributed by atoms with Crippen molar-refractivity contribution in [3.63, 3.8) is 0 Å². The lowest BCUT2D eigenvalue weighted by atomic mass is 9.87. The average molecular weight is 254 g/mol. The highest BCUT2D eigenvalue weighted by molar-refractivity contribution is 4.72. The van der Waals surface area contributed by atoms with Gasteiger partial charge in [-0.25, -0.2) is 0 Å². The van der Waals surface area contributed by atoms with E-state index in [1.54, 1.807) is 0 Å². The predicted molar refractivity (Wildman–Crippen MR) is 81.0 cm³/mol. The minimum Gasteiger partial charge on any atom is -0.315 e. The van der Waals surface area contributed by atoms with Gasteiger partial charge in [0.15, 0.2) is 0 Å². The fourth-order valence-corrected chi connectivity index (χ4v) is 3.07. The van der Waals surface area contributed by atoms with Gasteiger partial charge < -0.3 is 10.2 Å². The third kappa shape index (κ3) is 6.75. The molecule has 1 aliphatic rings. The van der Waals surface area contributed by atoms with E-state index < -0.39 is 0 Å². The summed E-state index contributed by atoms with van der Waals surface area (Å²) in [5.41, 5.74) is 0. The van der Waals surface area contributed by atoms with Gasteiger partial charge in [0.2, 0.25) is 0 Å². The van der Waals surface area contributed by atoms with E-state index in [1.807, 2.05) is 0 Å². The molecule has 0 aromatic rings. The van der Waals surface area contributed by atoms with Crippen LogP contribution in [0.2, 0.25) is 0 Å². The van der Waals surface area contributed by atoms with E-state index in [1.165, 1.54) is 51.5 Å². The highest BCUT2D eigenvalue weighted by Crippen LogP contribution is 2.25. The lowest BCUT2D eigenvalue weighted by Gasteiger charge is -2.27. The van der Waals surface area contributed by atoms with Crippen LogP contribution in [0.25, 0.3) is 0 Å². The van der Waals surface area contributed by atoms with Gasteiger partial charge in [0.05, 0.1) is 0 Å². The second-order valence-electron chi connectivity index (χ2n) is 6.74. The van der Waals surface area contributed by atoms with E-state index in [2.05, 4.69) is 38.2 Å². The normalized spacial score (nSPS) is 19.7. The molecule has 1 aliphatic carbocycles. The first-order chi connectivity index (χ1) is 8.59. The van der Waals surface area contributed by atoms with Crippen LogP contribution in [0.15, 0.2) is 0 Å². The third-order valence-electron chi connectivity index (χ3n) is 4.31. The zero-order valence-electron chi connectivity index (χ0n) is 13.0. The average Bonchev–Trinajstić information content (AvgIpc) is 2.33. The van der Waals surface area contributed by atoms with E-state index in [-0.39, 0.29) is 0 Å². The molecular formula is C16H34N2. The van der Waals surface area contributed by atoms with Crippen molar-refractivity contribution in [2.45, 2.75) is 64.8 Å². The number of nitrogens with one attached hydrogen (secondary N) is 1. The Labute approximate surface area is 115 Å². The monoisotopic (exact) mass is 254 g/mol. The van der Waals surface area contributed by atoms with Crippen LogP contribution in [-0.2, 0) is 0 Å². The molecule has 1 N–H and O–H groups in total. The lowest BCUT2D eigenvalue weighted by molar-refractivity contribution is 0.243. The molecule has 0 amide bonds. The number of hydrogen-bond donors (Lipinski definition) is 1.